The molecule has 1 fully saturated rings. The summed E-state index contributed by atoms with van der Waals surface area (Å²) in [6.45, 7) is 3.81. The second kappa shape index (κ2) is 11.7. The number of aromatic nitrogens is 2. The lowest BCUT2D eigenvalue weighted by molar-refractivity contribution is 0.0743. The van der Waals surface area contributed by atoms with E-state index in [1.165, 1.54) is 23.3 Å². The first-order chi connectivity index (χ1) is 18.4. The van der Waals surface area contributed by atoms with Gasteiger partial charge in [-0.25, -0.2) is 9.69 Å². The van der Waals surface area contributed by atoms with Crippen LogP contribution in [0.5, 0.6) is 0 Å². The van der Waals surface area contributed by atoms with Crippen LogP contribution in [0.2, 0.25) is 10.0 Å². The number of halogens is 2. The number of hydrazine groups is 1. The Balaban J connectivity index is 1.57. The van der Waals surface area contributed by atoms with Gasteiger partial charge in [-0.1, -0.05) is 59.2 Å². The Hall–Kier alpha value is -3.12. The number of benzene rings is 2. The first-order valence-electron chi connectivity index (χ1n) is 12.4. The minimum Gasteiger partial charge on any atom is -0.326 e. The summed E-state index contributed by atoms with van der Waals surface area (Å²) in [5.41, 5.74) is 13.6. The number of nitrogens with two attached hydrogens (primary N) is 1. The van der Waals surface area contributed by atoms with E-state index in [0.29, 0.717) is 27.0 Å². The summed E-state index contributed by atoms with van der Waals surface area (Å²) < 4.78 is 1.69. The molecule has 38 heavy (non-hydrogen) atoms. The van der Waals surface area contributed by atoms with E-state index in [1.54, 1.807) is 22.9 Å². The topological polar surface area (TPSA) is 76.2 Å². The van der Waals surface area contributed by atoms with Gasteiger partial charge in [-0.05, 0) is 62.2 Å². The number of carbonyl (C=O) groups is 1. The fourth-order valence-corrected chi connectivity index (χ4v) is 5.82. The second-order valence-electron chi connectivity index (χ2n) is 9.16. The van der Waals surface area contributed by atoms with Crippen LogP contribution in [0.25, 0.3) is 16.3 Å². The van der Waals surface area contributed by atoms with Crippen LogP contribution >= 0.6 is 34.5 Å². The summed E-state index contributed by atoms with van der Waals surface area (Å²) in [6, 6.07) is 17.2. The van der Waals surface area contributed by atoms with Gasteiger partial charge in [-0.3, -0.25) is 10.2 Å². The molecule has 1 saturated heterocycles. The highest BCUT2D eigenvalue weighted by Gasteiger charge is 2.27. The molecule has 3 heterocycles. The summed E-state index contributed by atoms with van der Waals surface area (Å²) >= 11 is 14.3. The molecule has 9 heteroatoms. The number of piperidine rings is 1. The smallest absolute Gasteiger partial charge is 0.286 e. The molecule has 0 aliphatic carbocycles. The Kier molecular flexibility index (Phi) is 8.18. The van der Waals surface area contributed by atoms with Crippen molar-refractivity contribution in [2.75, 3.05) is 13.1 Å². The van der Waals surface area contributed by atoms with E-state index in [0.717, 1.165) is 41.2 Å². The zero-order chi connectivity index (χ0) is 26.6. The minimum absolute atomic E-state index is 0.131. The van der Waals surface area contributed by atoms with Crippen molar-refractivity contribution in [3.63, 3.8) is 0 Å². The number of nitrogens with one attached hydrogen (secondary N) is 1. The summed E-state index contributed by atoms with van der Waals surface area (Å²) in [4.78, 5) is 15.2. The van der Waals surface area contributed by atoms with Gasteiger partial charge < -0.3 is 5.73 Å². The molecule has 4 aromatic rings. The molecule has 1 amide bonds. The quantitative estimate of drug-likeness (QED) is 0.283. The van der Waals surface area contributed by atoms with E-state index in [2.05, 4.69) is 24.2 Å². The van der Waals surface area contributed by atoms with Gasteiger partial charge in [0.1, 0.15) is 0 Å². The van der Waals surface area contributed by atoms with Crippen molar-refractivity contribution in [1.82, 2.24) is 20.2 Å². The molecule has 0 spiro atoms. The maximum Gasteiger partial charge on any atom is 0.286 e. The highest BCUT2D eigenvalue weighted by Crippen LogP contribution is 2.36. The molecule has 0 saturated carbocycles. The molecule has 2 aromatic heterocycles. The fourth-order valence-electron chi connectivity index (χ4n) is 4.41. The normalized spacial score (nSPS) is 13.7. The largest absolute Gasteiger partial charge is 0.326 e. The number of rotatable bonds is 5. The van der Waals surface area contributed by atoms with E-state index in [1.807, 2.05) is 41.4 Å². The Morgan fingerprint density at radius 3 is 2.53 bits per heavy atom. The van der Waals surface area contributed by atoms with E-state index in [-0.39, 0.29) is 18.1 Å². The average molecular weight is 565 g/mol. The maximum absolute atomic E-state index is 13.4. The van der Waals surface area contributed by atoms with Crippen LogP contribution in [0.1, 0.15) is 51.3 Å². The molecule has 0 bridgehead atoms. The summed E-state index contributed by atoms with van der Waals surface area (Å²) in [5, 5.41) is 7.62. The lowest BCUT2D eigenvalue weighted by atomic mass is 10.1. The van der Waals surface area contributed by atoms with Crippen LogP contribution in [-0.4, -0.2) is 33.8 Å². The van der Waals surface area contributed by atoms with Crippen molar-refractivity contribution in [2.45, 2.75) is 32.7 Å². The number of thiophene rings is 1. The van der Waals surface area contributed by atoms with Crippen LogP contribution in [0.4, 0.5) is 0 Å². The molecular weight excluding hydrogens is 537 g/mol. The van der Waals surface area contributed by atoms with Gasteiger partial charge >= 0.3 is 0 Å². The third-order valence-electron chi connectivity index (χ3n) is 6.38. The van der Waals surface area contributed by atoms with E-state index < -0.39 is 0 Å². The molecule has 1 aliphatic rings. The molecule has 6 nitrogen and oxygen atoms in total. The highest BCUT2D eigenvalue weighted by atomic mass is 35.5. The Morgan fingerprint density at radius 2 is 1.82 bits per heavy atom. The lowest BCUT2D eigenvalue weighted by Crippen LogP contribution is -2.45. The first-order valence-corrected chi connectivity index (χ1v) is 14.0. The van der Waals surface area contributed by atoms with Crippen LogP contribution in [0.3, 0.4) is 0 Å². The average Bonchev–Trinajstić information content (AvgIpc) is 3.53. The van der Waals surface area contributed by atoms with Gasteiger partial charge in [0.05, 0.1) is 26.2 Å². The van der Waals surface area contributed by atoms with Crippen molar-refractivity contribution < 1.29 is 4.79 Å². The third kappa shape index (κ3) is 5.80. The summed E-state index contributed by atoms with van der Waals surface area (Å²) in [5.74, 6) is 6.18. The van der Waals surface area contributed by atoms with Gasteiger partial charge in [0.25, 0.3) is 5.91 Å². The molecule has 3 N–H and O–H groups in total. The number of carbonyl (C=O) groups excluding carboxylic acids is 1. The van der Waals surface area contributed by atoms with Crippen LogP contribution < -0.4 is 11.2 Å². The second-order valence-corrected chi connectivity index (χ2v) is 11.1. The summed E-state index contributed by atoms with van der Waals surface area (Å²) in [6.07, 6.45) is 3.26. The lowest BCUT2D eigenvalue weighted by Gasteiger charge is -2.26. The fraction of sp³-hybridized carbons (Fsp3) is 0.241. The van der Waals surface area contributed by atoms with Crippen molar-refractivity contribution in [3.05, 3.63) is 91.9 Å². The van der Waals surface area contributed by atoms with Gasteiger partial charge in [-0.2, -0.15) is 5.10 Å². The van der Waals surface area contributed by atoms with Crippen molar-refractivity contribution in [3.8, 4) is 28.1 Å². The van der Waals surface area contributed by atoms with Gasteiger partial charge in [0, 0.05) is 35.8 Å². The number of amides is 1. The van der Waals surface area contributed by atoms with Crippen LogP contribution in [-0.2, 0) is 6.54 Å². The molecule has 194 valence electrons. The number of hydrogen-bond donors (Lipinski definition) is 2. The Morgan fingerprint density at radius 1 is 1.05 bits per heavy atom. The molecule has 0 unspecified atom stereocenters. The van der Waals surface area contributed by atoms with Crippen LogP contribution in [0, 0.1) is 18.8 Å². The van der Waals surface area contributed by atoms with Crippen molar-refractivity contribution in [2.24, 2.45) is 5.73 Å². The SMILES string of the molecule is Cc1ccc(C#Cc2ccc(-c3c(CN)c(C(=O)NN4CCCCC4)nn3-c3ccc(Cl)cc3Cl)s2)cc1. The van der Waals surface area contributed by atoms with Gasteiger partial charge in [0.2, 0.25) is 0 Å². The molecule has 2 aromatic carbocycles. The zero-order valence-electron chi connectivity index (χ0n) is 20.9. The maximum atomic E-state index is 13.4. The van der Waals surface area contributed by atoms with Gasteiger partial charge in [0.15, 0.2) is 5.69 Å². The van der Waals surface area contributed by atoms with Crippen molar-refractivity contribution >= 4 is 40.4 Å². The highest BCUT2D eigenvalue weighted by molar-refractivity contribution is 7.16. The molecule has 0 atom stereocenters. The standard InChI is InChI=1S/C29H27Cl2N5OS/c1-19-5-7-20(8-6-19)9-11-22-12-14-26(38-22)28-23(18-32)27(29(37)34-35-15-3-2-4-16-35)33-36(28)25-13-10-21(30)17-24(25)31/h5-8,10,12-14,17H,2-4,15-16,18,32H2,1H3,(H,34,37). The number of aryl methyl sites for hydroxylation is 1. The summed E-state index contributed by atoms with van der Waals surface area (Å²) in [7, 11) is 0. The number of hydrogen-bond acceptors (Lipinski definition) is 5. The molecule has 0 radical (unpaired) electrons. The van der Waals surface area contributed by atoms with E-state index >= 15 is 0 Å². The van der Waals surface area contributed by atoms with Gasteiger partial charge in [-0.15, -0.1) is 11.3 Å². The molecule has 1 aliphatic heterocycles. The van der Waals surface area contributed by atoms with E-state index in [4.69, 9.17) is 34.0 Å². The van der Waals surface area contributed by atoms with Crippen molar-refractivity contribution in [1.29, 1.82) is 0 Å². The predicted molar refractivity (Wildman–Crippen MR) is 155 cm³/mol. The van der Waals surface area contributed by atoms with E-state index in [9.17, 15) is 4.79 Å². The Bertz CT molecular complexity index is 1520. The minimum atomic E-state index is -0.284. The molecule has 5 rings (SSSR count). The monoisotopic (exact) mass is 563 g/mol. The third-order valence-corrected chi connectivity index (χ3v) is 7.92. The number of nitrogens with zero attached hydrogens (tertiary/aromatic N) is 3. The Labute approximate surface area is 236 Å². The van der Waals surface area contributed by atoms with Crippen LogP contribution in [0.15, 0.2) is 54.6 Å². The zero-order valence-corrected chi connectivity index (χ0v) is 23.3. The molecular formula is C29H27Cl2N5OS. The predicted octanol–water partition coefficient (Wildman–Crippen LogP) is 6.21. The first kappa shape index (κ1) is 26.5.